The summed E-state index contributed by atoms with van der Waals surface area (Å²) in [7, 11) is 3.01. The van der Waals surface area contributed by atoms with E-state index in [1.807, 2.05) is 12.1 Å². The minimum Gasteiger partial charge on any atom is -0.497 e. The van der Waals surface area contributed by atoms with Crippen LogP contribution in [0.5, 0.6) is 11.5 Å². The van der Waals surface area contributed by atoms with Gasteiger partial charge in [0.15, 0.2) is 0 Å². The van der Waals surface area contributed by atoms with Crippen molar-refractivity contribution in [3.8, 4) is 11.5 Å². The van der Waals surface area contributed by atoms with E-state index in [9.17, 15) is 27.2 Å². The Hall–Kier alpha value is -3.75. The fraction of sp³-hybridized carbons (Fsp3) is 0.0667. The maximum absolute atomic E-state index is 13.4. The van der Waals surface area contributed by atoms with Crippen LogP contribution >= 0.6 is 0 Å². The number of carbonyl (C=O) groups is 2. The summed E-state index contributed by atoms with van der Waals surface area (Å²) in [6.07, 6.45) is 0. The van der Waals surface area contributed by atoms with E-state index in [0.717, 1.165) is 24.3 Å². The average Bonchev–Trinajstić information content (AvgIpc) is 2.88. The molecule has 0 saturated carbocycles. The Kier molecular flexibility index (Phi) is 14.7. The molecule has 0 aliphatic heterocycles. The zero-order chi connectivity index (χ0) is 26.2. The molecule has 9 heteroatoms. The molecule has 0 fully saturated rings. The maximum atomic E-state index is 13.4. The monoisotopic (exact) mass is 572 g/mol. The van der Waals surface area contributed by atoms with E-state index in [2.05, 4.69) is 0 Å². The zero-order valence-electron chi connectivity index (χ0n) is 21.6. The first-order chi connectivity index (χ1) is 17.2. The molecule has 0 aliphatic carbocycles. The summed E-state index contributed by atoms with van der Waals surface area (Å²) in [4.78, 5) is 23.9. The van der Waals surface area contributed by atoms with E-state index in [0.29, 0.717) is 22.6 Å². The number of hydrogen-bond acceptors (Lipinski definition) is 4. The molecule has 0 amide bonds. The van der Waals surface area contributed by atoms with Crippen molar-refractivity contribution in [2.75, 3.05) is 14.2 Å². The van der Waals surface area contributed by atoms with Gasteiger partial charge in [-0.2, -0.15) is 12.1 Å². The molecule has 4 aromatic rings. The predicted octanol–water partition coefficient (Wildman–Crippen LogP) is 6.91. The molecule has 0 radical (unpaired) electrons. The van der Waals surface area contributed by atoms with Crippen molar-refractivity contribution in [2.24, 2.45) is 0 Å². The van der Waals surface area contributed by atoms with E-state index >= 15 is 0 Å². The van der Waals surface area contributed by atoms with Gasteiger partial charge in [-0.25, -0.2) is 17.6 Å². The number of carbonyl (C=O) groups excluding carboxylic acids is 2. The summed E-state index contributed by atoms with van der Waals surface area (Å²) in [5, 5.41) is 0. The zero-order valence-corrected chi connectivity index (χ0v) is 23.1. The molecular weight excluding hydrogens is 548 g/mol. The van der Waals surface area contributed by atoms with Gasteiger partial charge in [-0.1, -0.05) is 11.1 Å². The fourth-order valence-electron chi connectivity index (χ4n) is 3.03. The molecule has 4 aromatic carbocycles. The van der Waals surface area contributed by atoms with Crippen molar-refractivity contribution in [2.45, 2.75) is 0 Å². The summed E-state index contributed by atoms with van der Waals surface area (Å²) >= 11 is 0. The second-order valence-corrected chi connectivity index (χ2v) is 7.18. The van der Waals surface area contributed by atoms with E-state index in [1.165, 1.54) is 38.5 Å². The number of rotatable bonds is 6. The second-order valence-electron chi connectivity index (χ2n) is 7.18. The summed E-state index contributed by atoms with van der Waals surface area (Å²) in [5.41, 5.74) is 0.188. The van der Waals surface area contributed by atoms with Gasteiger partial charge in [-0.15, -0.1) is 24.3 Å². The van der Waals surface area contributed by atoms with Crippen LogP contribution in [0.4, 0.5) is 17.6 Å². The Morgan fingerprint density at radius 3 is 1.13 bits per heavy atom. The normalized spacial score (nSPS) is 9.38. The molecule has 4 nitrogen and oxygen atoms in total. The topological polar surface area (TPSA) is 52.6 Å². The smallest absolute Gasteiger partial charge is 0.497 e. The summed E-state index contributed by atoms with van der Waals surface area (Å²) in [5.74, 6) is -3.50. The quantitative estimate of drug-likeness (QED) is 0.109. The number of benzene rings is 4. The third-order valence-electron chi connectivity index (χ3n) is 4.92. The molecule has 4 rings (SSSR count). The van der Waals surface area contributed by atoms with Gasteiger partial charge in [-0.05, 0) is 48.5 Å². The van der Waals surface area contributed by atoms with Gasteiger partial charge >= 0.3 is 21.7 Å². The number of ketones is 2. The van der Waals surface area contributed by atoms with Crippen LogP contribution in [-0.2, 0) is 21.7 Å². The van der Waals surface area contributed by atoms with Crippen LogP contribution in [0.2, 0.25) is 0 Å². The SMILES string of the molecule is COc1ccc(C(=O)c2ccc(F)[c-]c2F)cc1.COc1ccc(C(=O)c2ccc(F)[c-]c2F)cc1.[CH3-].[CH3-].[Ti+4]. The average molecular weight is 572 g/mol. The molecule has 200 valence electrons. The van der Waals surface area contributed by atoms with E-state index < -0.39 is 34.8 Å². The van der Waals surface area contributed by atoms with E-state index in [4.69, 9.17) is 9.47 Å². The van der Waals surface area contributed by atoms with Crippen LogP contribution in [0.3, 0.4) is 0 Å². The first-order valence-electron chi connectivity index (χ1n) is 10.4. The Morgan fingerprint density at radius 1 is 0.564 bits per heavy atom. The Bertz CT molecular complexity index is 1270. The van der Waals surface area contributed by atoms with Crippen molar-refractivity contribution in [1.29, 1.82) is 0 Å². The van der Waals surface area contributed by atoms with Gasteiger partial charge in [0.25, 0.3) is 0 Å². The molecular formula is C30H24F4O4Ti. The first-order valence-corrected chi connectivity index (χ1v) is 10.4. The van der Waals surface area contributed by atoms with Gasteiger partial charge < -0.3 is 33.9 Å². The van der Waals surface area contributed by atoms with Crippen molar-refractivity contribution < 1.29 is 58.3 Å². The van der Waals surface area contributed by atoms with Crippen LogP contribution in [0.1, 0.15) is 31.8 Å². The number of methoxy groups -OCH3 is 2. The van der Waals surface area contributed by atoms with E-state index in [-0.39, 0.29) is 47.7 Å². The number of halogens is 4. The number of ether oxygens (including phenoxy) is 2. The predicted molar refractivity (Wildman–Crippen MR) is 136 cm³/mol. The van der Waals surface area contributed by atoms with Crippen LogP contribution in [0.15, 0.2) is 72.8 Å². The van der Waals surface area contributed by atoms with Crippen molar-refractivity contribution in [3.63, 3.8) is 0 Å². The molecule has 0 unspecified atom stereocenters. The van der Waals surface area contributed by atoms with Crippen molar-refractivity contribution in [1.82, 2.24) is 0 Å². The molecule has 39 heavy (non-hydrogen) atoms. The van der Waals surface area contributed by atoms with Crippen LogP contribution in [-0.4, -0.2) is 25.8 Å². The van der Waals surface area contributed by atoms with Gasteiger partial charge in [-0.3, -0.25) is 0 Å². The van der Waals surface area contributed by atoms with Gasteiger partial charge in [0, 0.05) is 34.4 Å². The summed E-state index contributed by atoms with van der Waals surface area (Å²) < 4.78 is 62.1. The van der Waals surface area contributed by atoms with Crippen LogP contribution in [0, 0.1) is 50.3 Å². The molecule has 0 aromatic heterocycles. The third-order valence-corrected chi connectivity index (χ3v) is 4.92. The third kappa shape index (κ3) is 9.19. The fourth-order valence-corrected chi connectivity index (χ4v) is 3.03. The molecule has 0 aliphatic rings. The molecule has 0 saturated heterocycles. The first kappa shape index (κ1) is 35.3. The number of hydrogen-bond donors (Lipinski definition) is 0. The van der Waals surface area contributed by atoms with E-state index in [1.54, 1.807) is 24.3 Å². The molecule has 0 N–H and O–H groups in total. The Morgan fingerprint density at radius 2 is 0.872 bits per heavy atom. The summed E-state index contributed by atoms with van der Waals surface area (Å²) in [6, 6.07) is 20.3. The molecule has 0 heterocycles. The van der Waals surface area contributed by atoms with Crippen molar-refractivity contribution in [3.05, 3.63) is 145 Å². The largest absolute Gasteiger partial charge is 4.00 e. The Labute approximate surface area is 240 Å². The van der Waals surface area contributed by atoms with Crippen LogP contribution < -0.4 is 9.47 Å². The molecule has 0 atom stereocenters. The maximum Gasteiger partial charge on any atom is 4.00 e. The summed E-state index contributed by atoms with van der Waals surface area (Å²) in [6.45, 7) is 0. The van der Waals surface area contributed by atoms with Crippen molar-refractivity contribution >= 4 is 11.6 Å². The molecule has 0 bridgehead atoms. The van der Waals surface area contributed by atoms with Gasteiger partial charge in [0.1, 0.15) is 23.1 Å². The van der Waals surface area contributed by atoms with Crippen LogP contribution in [0.25, 0.3) is 0 Å². The minimum atomic E-state index is -0.990. The molecule has 0 spiro atoms. The Balaban J connectivity index is 0.000000688. The van der Waals surface area contributed by atoms with Gasteiger partial charge in [0.2, 0.25) is 0 Å². The standard InChI is InChI=1S/2C14H9F2O2.2CH3.Ti/c2*1-18-11-5-2-9(3-6-11)14(17)12-7-4-10(15)8-13(12)16;;;/h2*2-7H,1H3;2*1H3;/q4*-1;+4. The second kappa shape index (κ2) is 16.3. The van der Waals surface area contributed by atoms with Gasteiger partial charge in [0.05, 0.1) is 14.2 Å². The minimum absolute atomic E-state index is 0.